The largest absolute Gasteiger partial charge is 0.330 e. The standard InChI is InChI=1S/C13H18BrClN2/c1-2-17-6-5-10(8-16)13(17)9-3-4-12(15)11(14)7-9/h3-4,7,10,13H,2,5-6,8,16H2,1H3. The molecule has 94 valence electrons. The van der Waals surface area contributed by atoms with E-state index in [9.17, 15) is 0 Å². The van der Waals surface area contributed by atoms with Crippen molar-refractivity contribution in [3.05, 3.63) is 33.3 Å². The highest BCUT2D eigenvalue weighted by Crippen LogP contribution is 2.38. The molecule has 1 fully saturated rings. The minimum absolute atomic E-state index is 0.443. The molecule has 0 bridgehead atoms. The normalized spacial score (nSPS) is 25.4. The summed E-state index contributed by atoms with van der Waals surface area (Å²) >= 11 is 9.54. The zero-order valence-electron chi connectivity index (χ0n) is 10.00. The van der Waals surface area contributed by atoms with Gasteiger partial charge in [-0.25, -0.2) is 0 Å². The highest BCUT2D eigenvalue weighted by atomic mass is 79.9. The van der Waals surface area contributed by atoms with Crippen LogP contribution in [0, 0.1) is 5.92 Å². The average molecular weight is 318 g/mol. The van der Waals surface area contributed by atoms with Gasteiger partial charge in [0.25, 0.3) is 0 Å². The third kappa shape index (κ3) is 2.68. The van der Waals surface area contributed by atoms with Crippen LogP contribution in [-0.4, -0.2) is 24.5 Å². The summed E-state index contributed by atoms with van der Waals surface area (Å²) in [5, 5.41) is 0.763. The number of hydrogen-bond acceptors (Lipinski definition) is 2. The maximum atomic E-state index is 6.04. The maximum absolute atomic E-state index is 6.04. The molecular formula is C13H18BrClN2. The number of nitrogens with two attached hydrogens (primary N) is 1. The van der Waals surface area contributed by atoms with Crippen LogP contribution in [0.2, 0.25) is 5.02 Å². The van der Waals surface area contributed by atoms with Gasteiger partial charge in [0.05, 0.1) is 5.02 Å². The molecule has 1 saturated heterocycles. The van der Waals surface area contributed by atoms with Crippen molar-refractivity contribution in [2.24, 2.45) is 11.7 Å². The molecule has 0 spiro atoms. The summed E-state index contributed by atoms with van der Waals surface area (Å²) in [5.41, 5.74) is 7.20. The number of likely N-dealkylation sites (tertiary alicyclic amines) is 1. The van der Waals surface area contributed by atoms with E-state index in [-0.39, 0.29) is 0 Å². The van der Waals surface area contributed by atoms with Gasteiger partial charge < -0.3 is 5.73 Å². The number of nitrogens with zero attached hydrogens (tertiary/aromatic N) is 1. The minimum atomic E-state index is 0.443. The number of hydrogen-bond donors (Lipinski definition) is 1. The zero-order valence-corrected chi connectivity index (χ0v) is 12.3. The second-order valence-electron chi connectivity index (χ2n) is 4.53. The summed E-state index contributed by atoms with van der Waals surface area (Å²) in [4.78, 5) is 2.49. The molecule has 1 aliphatic heterocycles. The van der Waals surface area contributed by atoms with Crippen molar-refractivity contribution in [1.82, 2.24) is 4.90 Å². The van der Waals surface area contributed by atoms with E-state index in [0.717, 1.165) is 29.1 Å². The fourth-order valence-corrected chi connectivity index (χ4v) is 3.22. The smallest absolute Gasteiger partial charge is 0.0548 e. The van der Waals surface area contributed by atoms with Crippen LogP contribution in [0.1, 0.15) is 24.9 Å². The molecule has 0 amide bonds. The van der Waals surface area contributed by atoms with Crippen molar-refractivity contribution in [3.63, 3.8) is 0 Å². The molecule has 1 aliphatic rings. The molecular weight excluding hydrogens is 300 g/mol. The Bertz CT molecular complexity index is 385. The molecule has 2 N–H and O–H groups in total. The predicted octanol–water partition coefficient (Wildman–Crippen LogP) is 3.44. The SMILES string of the molecule is CCN1CCC(CN)C1c1ccc(Cl)c(Br)c1. The van der Waals surface area contributed by atoms with Gasteiger partial charge in [-0.3, -0.25) is 4.90 Å². The third-order valence-electron chi connectivity index (χ3n) is 3.62. The fraction of sp³-hybridized carbons (Fsp3) is 0.538. The first-order valence-corrected chi connectivity index (χ1v) is 7.23. The van der Waals surface area contributed by atoms with Crippen molar-refractivity contribution in [1.29, 1.82) is 0 Å². The van der Waals surface area contributed by atoms with Crippen LogP contribution in [0.4, 0.5) is 0 Å². The first-order chi connectivity index (χ1) is 8.17. The lowest BCUT2D eigenvalue weighted by molar-refractivity contribution is 0.242. The van der Waals surface area contributed by atoms with Gasteiger partial charge in [0.15, 0.2) is 0 Å². The van der Waals surface area contributed by atoms with Gasteiger partial charge in [-0.05, 0) is 65.6 Å². The highest BCUT2D eigenvalue weighted by molar-refractivity contribution is 9.10. The van der Waals surface area contributed by atoms with Crippen LogP contribution in [0.5, 0.6) is 0 Å². The van der Waals surface area contributed by atoms with E-state index >= 15 is 0 Å². The lowest BCUT2D eigenvalue weighted by atomic mass is 9.94. The molecule has 1 heterocycles. The lowest BCUT2D eigenvalue weighted by Crippen LogP contribution is -2.28. The monoisotopic (exact) mass is 316 g/mol. The van der Waals surface area contributed by atoms with Crippen molar-refractivity contribution in [2.45, 2.75) is 19.4 Å². The molecule has 0 aliphatic carbocycles. The van der Waals surface area contributed by atoms with E-state index in [0.29, 0.717) is 12.0 Å². The van der Waals surface area contributed by atoms with Gasteiger partial charge in [-0.15, -0.1) is 0 Å². The topological polar surface area (TPSA) is 29.3 Å². The van der Waals surface area contributed by atoms with Crippen LogP contribution < -0.4 is 5.73 Å². The van der Waals surface area contributed by atoms with Crippen LogP contribution in [0.3, 0.4) is 0 Å². The molecule has 2 rings (SSSR count). The van der Waals surface area contributed by atoms with Crippen LogP contribution in [-0.2, 0) is 0 Å². The van der Waals surface area contributed by atoms with Crippen LogP contribution >= 0.6 is 27.5 Å². The molecule has 0 saturated carbocycles. The Kier molecular flexibility index (Phi) is 4.47. The Morgan fingerprint density at radius 1 is 1.53 bits per heavy atom. The summed E-state index contributed by atoms with van der Waals surface area (Å²) in [6.07, 6.45) is 1.19. The summed E-state index contributed by atoms with van der Waals surface area (Å²) < 4.78 is 0.968. The van der Waals surface area contributed by atoms with E-state index in [1.54, 1.807) is 0 Å². The Balaban J connectivity index is 2.31. The van der Waals surface area contributed by atoms with Gasteiger partial charge in [-0.1, -0.05) is 24.6 Å². The van der Waals surface area contributed by atoms with E-state index in [1.807, 2.05) is 6.07 Å². The summed E-state index contributed by atoms with van der Waals surface area (Å²) in [5.74, 6) is 0.558. The van der Waals surface area contributed by atoms with E-state index < -0.39 is 0 Å². The fourth-order valence-electron chi connectivity index (χ4n) is 2.71. The molecule has 0 aromatic heterocycles. The molecule has 2 unspecified atom stereocenters. The second kappa shape index (κ2) is 5.70. The van der Waals surface area contributed by atoms with Crippen LogP contribution in [0.25, 0.3) is 0 Å². The Morgan fingerprint density at radius 2 is 2.29 bits per heavy atom. The van der Waals surface area contributed by atoms with E-state index in [1.165, 1.54) is 12.0 Å². The summed E-state index contributed by atoms with van der Waals surface area (Å²) in [6.45, 7) is 5.17. The predicted molar refractivity (Wildman–Crippen MR) is 76.3 cm³/mol. The molecule has 0 radical (unpaired) electrons. The Hall–Kier alpha value is -0.0900. The maximum Gasteiger partial charge on any atom is 0.0548 e. The summed E-state index contributed by atoms with van der Waals surface area (Å²) in [6, 6.07) is 6.65. The second-order valence-corrected chi connectivity index (χ2v) is 5.79. The van der Waals surface area contributed by atoms with Crippen molar-refractivity contribution >= 4 is 27.5 Å². The number of halogens is 2. The number of benzene rings is 1. The van der Waals surface area contributed by atoms with Crippen molar-refractivity contribution < 1.29 is 0 Å². The lowest BCUT2D eigenvalue weighted by Gasteiger charge is -2.27. The van der Waals surface area contributed by atoms with E-state index in [4.69, 9.17) is 17.3 Å². The van der Waals surface area contributed by atoms with Crippen molar-refractivity contribution in [2.75, 3.05) is 19.6 Å². The van der Waals surface area contributed by atoms with Gasteiger partial charge in [-0.2, -0.15) is 0 Å². The molecule has 4 heteroatoms. The zero-order chi connectivity index (χ0) is 12.4. The first-order valence-electron chi connectivity index (χ1n) is 6.06. The molecule has 1 aromatic rings. The Morgan fingerprint density at radius 3 is 2.88 bits per heavy atom. The quantitative estimate of drug-likeness (QED) is 0.925. The highest BCUT2D eigenvalue weighted by Gasteiger charge is 2.33. The molecule has 17 heavy (non-hydrogen) atoms. The van der Waals surface area contributed by atoms with Crippen molar-refractivity contribution in [3.8, 4) is 0 Å². The molecule has 2 nitrogen and oxygen atoms in total. The van der Waals surface area contributed by atoms with Gasteiger partial charge in [0, 0.05) is 10.5 Å². The van der Waals surface area contributed by atoms with E-state index in [2.05, 4.69) is 39.9 Å². The molecule has 1 aromatic carbocycles. The summed E-state index contributed by atoms with van der Waals surface area (Å²) in [7, 11) is 0. The van der Waals surface area contributed by atoms with Crippen LogP contribution in [0.15, 0.2) is 22.7 Å². The Labute approximate surface area is 116 Å². The van der Waals surface area contributed by atoms with Gasteiger partial charge in [0.2, 0.25) is 0 Å². The van der Waals surface area contributed by atoms with Gasteiger partial charge >= 0.3 is 0 Å². The number of rotatable bonds is 3. The first kappa shape index (κ1) is 13.3. The third-order valence-corrected chi connectivity index (χ3v) is 4.84. The minimum Gasteiger partial charge on any atom is -0.330 e. The molecule has 2 atom stereocenters. The average Bonchev–Trinajstić information content (AvgIpc) is 2.75. The van der Waals surface area contributed by atoms with Gasteiger partial charge in [0.1, 0.15) is 0 Å².